The van der Waals surface area contributed by atoms with Gasteiger partial charge in [0.05, 0.1) is 24.4 Å². The van der Waals surface area contributed by atoms with E-state index in [2.05, 4.69) is 10.6 Å². The highest BCUT2D eigenvalue weighted by Crippen LogP contribution is 2.25. The van der Waals surface area contributed by atoms with E-state index in [9.17, 15) is 9.59 Å². The van der Waals surface area contributed by atoms with Crippen molar-refractivity contribution in [2.24, 2.45) is 0 Å². The lowest BCUT2D eigenvalue weighted by Crippen LogP contribution is -2.27. The third-order valence-electron chi connectivity index (χ3n) is 3.55. The molecule has 0 radical (unpaired) electrons. The predicted molar refractivity (Wildman–Crippen MR) is 102 cm³/mol. The first kappa shape index (κ1) is 19.8. The maximum Gasteiger partial charge on any atom is 0.253 e. The summed E-state index contributed by atoms with van der Waals surface area (Å²) < 4.78 is 10.8. The van der Waals surface area contributed by atoms with Crippen molar-refractivity contribution in [1.82, 2.24) is 0 Å². The Kier molecular flexibility index (Phi) is 7.00. The lowest BCUT2D eigenvalue weighted by atomic mass is 10.2. The van der Waals surface area contributed by atoms with Crippen molar-refractivity contribution < 1.29 is 19.1 Å². The second kappa shape index (κ2) is 9.22. The van der Waals surface area contributed by atoms with Gasteiger partial charge in [-0.1, -0.05) is 23.7 Å². The van der Waals surface area contributed by atoms with E-state index in [4.69, 9.17) is 21.1 Å². The fraction of sp³-hybridized carbons (Fsp3) is 0.263. The Labute approximate surface area is 157 Å². The number of hydrogen-bond acceptors (Lipinski definition) is 4. The molecule has 138 valence electrons. The third-order valence-corrected chi connectivity index (χ3v) is 3.86. The molecule has 2 aromatic carbocycles. The number of ether oxygens (including phenoxy) is 2. The number of rotatable bonds is 7. The summed E-state index contributed by atoms with van der Waals surface area (Å²) in [5.74, 6) is 0.219. The minimum Gasteiger partial charge on any atom is -0.497 e. The highest BCUT2D eigenvalue weighted by molar-refractivity contribution is 6.34. The summed E-state index contributed by atoms with van der Waals surface area (Å²) in [5.41, 5.74) is 1.91. The number of carbonyl (C=O) groups excluding carboxylic acids is 2. The Balaban J connectivity index is 1.92. The van der Waals surface area contributed by atoms with Gasteiger partial charge in [-0.2, -0.15) is 0 Å². The van der Waals surface area contributed by atoms with Gasteiger partial charge in [-0.3, -0.25) is 9.59 Å². The molecule has 1 unspecified atom stereocenters. The van der Waals surface area contributed by atoms with Crippen LogP contribution < -0.4 is 15.4 Å². The highest BCUT2D eigenvalue weighted by atomic mass is 35.5. The summed E-state index contributed by atoms with van der Waals surface area (Å²) in [6.07, 6.45) is -0.657. The van der Waals surface area contributed by atoms with Gasteiger partial charge >= 0.3 is 0 Å². The van der Waals surface area contributed by atoms with Gasteiger partial charge in [0.25, 0.3) is 5.91 Å². The molecule has 1 atom stereocenters. The Hall–Kier alpha value is -2.57. The van der Waals surface area contributed by atoms with Crippen molar-refractivity contribution in [2.75, 3.05) is 17.7 Å². The van der Waals surface area contributed by atoms with E-state index >= 15 is 0 Å². The molecule has 0 saturated heterocycles. The van der Waals surface area contributed by atoms with E-state index in [0.29, 0.717) is 16.4 Å². The topological polar surface area (TPSA) is 76.7 Å². The Morgan fingerprint density at radius 3 is 2.58 bits per heavy atom. The molecule has 0 bridgehead atoms. The molecule has 0 saturated carbocycles. The molecule has 2 N–H and O–H groups in total. The standard InChI is InChI=1S/C19H21ClN2O4/c1-12(26-11-14-5-4-6-16(9-14)25-3)19(24)22-15-7-8-18(17(20)10-15)21-13(2)23/h4-10,12H,11H2,1-3H3,(H,21,23)(H,22,24). The first-order valence-electron chi connectivity index (χ1n) is 8.01. The zero-order valence-electron chi connectivity index (χ0n) is 14.8. The monoisotopic (exact) mass is 376 g/mol. The zero-order chi connectivity index (χ0) is 19.1. The number of methoxy groups -OCH3 is 1. The van der Waals surface area contributed by atoms with Crippen molar-refractivity contribution in [3.05, 3.63) is 53.1 Å². The van der Waals surface area contributed by atoms with Gasteiger partial charge in [-0.15, -0.1) is 0 Å². The van der Waals surface area contributed by atoms with Crippen LogP contribution in [0.1, 0.15) is 19.4 Å². The lowest BCUT2D eigenvalue weighted by Gasteiger charge is -2.14. The first-order chi connectivity index (χ1) is 12.4. The largest absolute Gasteiger partial charge is 0.497 e. The Bertz CT molecular complexity index is 795. The number of amides is 2. The molecule has 0 heterocycles. The minimum absolute atomic E-state index is 0.219. The number of halogens is 1. The summed E-state index contributed by atoms with van der Waals surface area (Å²) in [6.45, 7) is 3.35. The summed E-state index contributed by atoms with van der Waals surface area (Å²) in [7, 11) is 1.60. The van der Waals surface area contributed by atoms with Crippen LogP contribution in [0.25, 0.3) is 0 Å². The lowest BCUT2D eigenvalue weighted by molar-refractivity contribution is -0.127. The van der Waals surface area contributed by atoms with Crippen LogP contribution >= 0.6 is 11.6 Å². The summed E-state index contributed by atoms with van der Waals surface area (Å²) >= 11 is 6.10. The molecule has 0 aliphatic heterocycles. The summed E-state index contributed by atoms with van der Waals surface area (Å²) in [5, 5.41) is 5.68. The van der Waals surface area contributed by atoms with E-state index in [1.54, 1.807) is 32.2 Å². The van der Waals surface area contributed by atoms with Crippen LogP contribution in [0.3, 0.4) is 0 Å². The average molecular weight is 377 g/mol. The second-order valence-corrected chi connectivity index (χ2v) is 6.08. The quantitative estimate of drug-likeness (QED) is 0.769. The molecule has 0 fully saturated rings. The van der Waals surface area contributed by atoms with Crippen LogP contribution in [0.4, 0.5) is 11.4 Å². The van der Waals surface area contributed by atoms with Crippen LogP contribution in [0, 0.1) is 0 Å². The molecule has 0 aliphatic rings. The van der Waals surface area contributed by atoms with Crippen LogP contribution in [0.5, 0.6) is 5.75 Å². The van der Waals surface area contributed by atoms with Gasteiger partial charge in [0, 0.05) is 12.6 Å². The van der Waals surface area contributed by atoms with Crippen LogP contribution in [-0.2, 0) is 20.9 Å². The van der Waals surface area contributed by atoms with Crippen LogP contribution in [-0.4, -0.2) is 25.0 Å². The highest BCUT2D eigenvalue weighted by Gasteiger charge is 2.14. The van der Waals surface area contributed by atoms with Crippen molar-refractivity contribution >= 4 is 34.8 Å². The normalized spacial score (nSPS) is 11.5. The summed E-state index contributed by atoms with van der Waals surface area (Å²) in [6, 6.07) is 12.3. The molecular weight excluding hydrogens is 356 g/mol. The van der Waals surface area contributed by atoms with Gasteiger partial charge in [0.2, 0.25) is 5.91 Å². The van der Waals surface area contributed by atoms with Gasteiger partial charge in [-0.05, 0) is 42.8 Å². The number of hydrogen-bond donors (Lipinski definition) is 2. The van der Waals surface area contributed by atoms with Crippen LogP contribution in [0.15, 0.2) is 42.5 Å². The van der Waals surface area contributed by atoms with Gasteiger partial charge in [0.15, 0.2) is 0 Å². The number of benzene rings is 2. The minimum atomic E-state index is -0.657. The van der Waals surface area contributed by atoms with Gasteiger partial charge < -0.3 is 20.1 Å². The first-order valence-corrected chi connectivity index (χ1v) is 8.39. The van der Waals surface area contributed by atoms with Crippen molar-refractivity contribution in [1.29, 1.82) is 0 Å². The van der Waals surface area contributed by atoms with Crippen molar-refractivity contribution in [3.8, 4) is 5.75 Å². The maximum absolute atomic E-state index is 12.3. The SMILES string of the molecule is COc1cccc(COC(C)C(=O)Nc2ccc(NC(C)=O)c(Cl)c2)c1. The molecule has 0 aliphatic carbocycles. The molecule has 6 nitrogen and oxygen atoms in total. The molecule has 7 heteroatoms. The number of nitrogens with one attached hydrogen (secondary N) is 2. The van der Waals surface area contributed by atoms with E-state index < -0.39 is 6.10 Å². The smallest absolute Gasteiger partial charge is 0.253 e. The van der Waals surface area contributed by atoms with Crippen molar-refractivity contribution in [3.63, 3.8) is 0 Å². The van der Waals surface area contributed by atoms with Gasteiger partial charge in [0.1, 0.15) is 11.9 Å². The third kappa shape index (κ3) is 5.75. The fourth-order valence-electron chi connectivity index (χ4n) is 2.19. The van der Waals surface area contributed by atoms with E-state index in [1.165, 1.54) is 6.92 Å². The molecule has 26 heavy (non-hydrogen) atoms. The van der Waals surface area contributed by atoms with E-state index in [1.807, 2.05) is 24.3 Å². The van der Waals surface area contributed by atoms with Crippen LogP contribution in [0.2, 0.25) is 5.02 Å². The molecular formula is C19H21ClN2O4. The van der Waals surface area contributed by atoms with Gasteiger partial charge in [-0.25, -0.2) is 0 Å². The van der Waals surface area contributed by atoms with E-state index in [-0.39, 0.29) is 18.4 Å². The predicted octanol–water partition coefficient (Wildman–Crippen LogP) is 3.85. The number of carbonyl (C=O) groups is 2. The molecule has 2 amide bonds. The maximum atomic E-state index is 12.3. The second-order valence-electron chi connectivity index (χ2n) is 5.67. The zero-order valence-corrected chi connectivity index (χ0v) is 15.6. The molecule has 0 aromatic heterocycles. The molecule has 2 rings (SSSR count). The Morgan fingerprint density at radius 1 is 1.15 bits per heavy atom. The van der Waals surface area contributed by atoms with Crippen molar-refractivity contribution in [2.45, 2.75) is 26.6 Å². The average Bonchev–Trinajstić information content (AvgIpc) is 2.61. The molecule has 2 aromatic rings. The summed E-state index contributed by atoms with van der Waals surface area (Å²) in [4.78, 5) is 23.3. The number of anilines is 2. The molecule has 0 spiro atoms. The fourth-order valence-corrected chi connectivity index (χ4v) is 2.41. The van der Waals surface area contributed by atoms with E-state index in [0.717, 1.165) is 11.3 Å². The Morgan fingerprint density at radius 2 is 1.92 bits per heavy atom.